The molecule has 0 fully saturated rings. The molecule has 0 saturated carbocycles. The van der Waals surface area contributed by atoms with Crippen molar-refractivity contribution in [2.75, 3.05) is 0 Å². The Kier molecular flexibility index (Phi) is 3.28. The summed E-state index contributed by atoms with van der Waals surface area (Å²) in [6.45, 7) is 0. The van der Waals surface area contributed by atoms with Gasteiger partial charge >= 0.3 is 6.18 Å². The molecule has 1 heterocycles. The maximum absolute atomic E-state index is 12.6. The van der Waals surface area contributed by atoms with Crippen molar-refractivity contribution in [2.45, 2.75) is 6.18 Å². The molecule has 23 heavy (non-hydrogen) atoms. The van der Waals surface area contributed by atoms with Crippen LogP contribution in [0.4, 0.5) is 13.2 Å². The van der Waals surface area contributed by atoms with Gasteiger partial charge in [0.25, 0.3) is 0 Å². The number of phenolic OH excluding ortho intramolecular Hbond substituents is 2. The number of hydrogen-bond acceptors (Lipinski definition) is 4. The van der Waals surface area contributed by atoms with Gasteiger partial charge in [-0.05, 0) is 12.1 Å². The number of hydrogen-bond donors (Lipinski definition) is 2. The lowest BCUT2D eigenvalue weighted by Crippen LogP contribution is -2.04. The highest BCUT2D eigenvalue weighted by Crippen LogP contribution is 2.33. The average Bonchev–Trinajstić information content (AvgIpc) is 2.45. The predicted octanol–water partition coefficient (Wildman–Crippen LogP) is 3.89. The van der Waals surface area contributed by atoms with Crippen LogP contribution >= 0.6 is 0 Å². The van der Waals surface area contributed by atoms with Crippen molar-refractivity contribution in [1.82, 2.24) is 0 Å². The molecule has 0 unspecified atom stereocenters. The highest BCUT2D eigenvalue weighted by molar-refractivity contribution is 5.85. The maximum Gasteiger partial charge on any atom is 0.416 e. The zero-order chi connectivity index (χ0) is 16.8. The van der Waals surface area contributed by atoms with Crippen molar-refractivity contribution in [3.05, 3.63) is 58.3 Å². The van der Waals surface area contributed by atoms with Gasteiger partial charge < -0.3 is 14.6 Å². The largest absolute Gasteiger partial charge is 0.508 e. The second-order valence-corrected chi connectivity index (χ2v) is 4.89. The van der Waals surface area contributed by atoms with E-state index in [1.807, 2.05) is 0 Å². The van der Waals surface area contributed by atoms with Crippen LogP contribution in [0, 0.1) is 0 Å². The number of phenols is 2. The molecule has 3 aromatic rings. The van der Waals surface area contributed by atoms with Crippen LogP contribution < -0.4 is 5.43 Å². The summed E-state index contributed by atoms with van der Waals surface area (Å²) in [5, 5.41) is 19.0. The smallest absolute Gasteiger partial charge is 0.416 e. The van der Waals surface area contributed by atoms with Crippen molar-refractivity contribution in [3.63, 3.8) is 0 Å². The van der Waals surface area contributed by atoms with E-state index in [9.17, 15) is 28.2 Å². The molecule has 1 aromatic heterocycles. The Morgan fingerprint density at radius 1 is 0.957 bits per heavy atom. The number of aromatic hydroxyl groups is 2. The number of benzene rings is 2. The molecule has 0 spiro atoms. The average molecular weight is 322 g/mol. The summed E-state index contributed by atoms with van der Waals surface area (Å²) in [5.41, 5.74) is -1.19. The van der Waals surface area contributed by atoms with E-state index < -0.39 is 22.9 Å². The molecule has 7 heteroatoms. The van der Waals surface area contributed by atoms with Gasteiger partial charge in [0.2, 0.25) is 0 Å². The first-order valence-electron chi connectivity index (χ1n) is 6.43. The summed E-state index contributed by atoms with van der Waals surface area (Å²) >= 11 is 0. The van der Waals surface area contributed by atoms with E-state index in [2.05, 4.69) is 0 Å². The van der Waals surface area contributed by atoms with E-state index in [-0.39, 0.29) is 28.0 Å². The Balaban J connectivity index is 2.16. The number of fused-ring (bicyclic) bond motifs is 1. The van der Waals surface area contributed by atoms with E-state index in [4.69, 9.17) is 4.42 Å². The van der Waals surface area contributed by atoms with Crippen LogP contribution in [0.15, 0.2) is 51.7 Å². The lowest BCUT2D eigenvalue weighted by molar-refractivity contribution is -0.137. The van der Waals surface area contributed by atoms with E-state index in [1.54, 1.807) is 0 Å². The fourth-order valence-electron chi connectivity index (χ4n) is 2.22. The van der Waals surface area contributed by atoms with E-state index >= 15 is 0 Å². The minimum Gasteiger partial charge on any atom is -0.508 e. The predicted molar refractivity (Wildman–Crippen MR) is 76.3 cm³/mol. The quantitative estimate of drug-likeness (QED) is 0.713. The fourth-order valence-corrected chi connectivity index (χ4v) is 2.22. The molecule has 0 aliphatic carbocycles. The van der Waals surface area contributed by atoms with Gasteiger partial charge in [0.15, 0.2) is 5.43 Å². The van der Waals surface area contributed by atoms with Gasteiger partial charge in [-0.15, -0.1) is 0 Å². The standard InChI is InChI=1S/C16H9F3O4/c17-16(18,19)9-3-1-8(2-4-9)13-7-12(22)15-11(21)5-10(20)6-14(15)23-13/h1-7,20-21H. The van der Waals surface area contributed by atoms with Crippen molar-refractivity contribution in [3.8, 4) is 22.8 Å². The third-order valence-electron chi connectivity index (χ3n) is 3.29. The topological polar surface area (TPSA) is 70.7 Å². The van der Waals surface area contributed by atoms with E-state index in [1.165, 1.54) is 12.1 Å². The minimum atomic E-state index is -4.46. The first kappa shape index (κ1) is 15.0. The number of alkyl halides is 3. The molecule has 0 bridgehead atoms. The minimum absolute atomic E-state index is 0.0289. The van der Waals surface area contributed by atoms with Crippen LogP contribution in [0.3, 0.4) is 0 Å². The molecule has 0 aliphatic heterocycles. The van der Waals surface area contributed by atoms with Crippen LogP contribution in [-0.2, 0) is 6.18 Å². The molecule has 0 atom stereocenters. The second-order valence-electron chi connectivity index (χ2n) is 4.89. The van der Waals surface area contributed by atoms with Gasteiger partial charge in [-0.2, -0.15) is 13.2 Å². The lowest BCUT2D eigenvalue weighted by atomic mass is 10.1. The Morgan fingerprint density at radius 2 is 1.61 bits per heavy atom. The van der Waals surface area contributed by atoms with Crippen LogP contribution in [0.1, 0.15) is 5.56 Å². The molecule has 0 saturated heterocycles. The Labute approximate surface area is 127 Å². The first-order chi connectivity index (χ1) is 10.8. The third-order valence-corrected chi connectivity index (χ3v) is 3.29. The summed E-state index contributed by atoms with van der Waals surface area (Å²) in [6.07, 6.45) is -4.46. The second kappa shape index (κ2) is 5.05. The van der Waals surface area contributed by atoms with Crippen LogP contribution in [0.25, 0.3) is 22.3 Å². The lowest BCUT2D eigenvalue weighted by Gasteiger charge is -2.08. The molecule has 118 valence electrons. The molecular weight excluding hydrogens is 313 g/mol. The van der Waals surface area contributed by atoms with E-state index in [0.717, 1.165) is 30.3 Å². The van der Waals surface area contributed by atoms with Crippen LogP contribution in [0.5, 0.6) is 11.5 Å². The summed E-state index contributed by atoms with van der Waals surface area (Å²) in [7, 11) is 0. The molecule has 4 nitrogen and oxygen atoms in total. The summed E-state index contributed by atoms with van der Waals surface area (Å²) in [5.74, 6) is -0.711. The molecule has 2 N–H and O–H groups in total. The zero-order valence-corrected chi connectivity index (χ0v) is 11.4. The highest BCUT2D eigenvalue weighted by Gasteiger charge is 2.30. The Bertz CT molecular complexity index is 940. The van der Waals surface area contributed by atoms with Crippen molar-refractivity contribution < 1.29 is 27.8 Å². The highest BCUT2D eigenvalue weighted by atomic mass is 19.4. The fraction of sp³-hybridized carbons (Fsp3) is 0.0625. The third kappa shape index (κ3) is 2.73. The van der Waals surface area contributed by atoms with Crippen molar-refractivity contribution in [1.29, 1.82) is 0 Å². The Morgan fingerprint density at radius 3 is 2.22 bits per heavy atom. The molecule has 0 amide bonds. The van der Waals surface area contributed by atoms with Crippen LogP contribution in [-0.4, -0.2) is 10.2 Å². The van der Waals surface area contributed by atoms with E-state index in [0.29, 0.717) is 0 Å². The molecule has 0 radical (unpaired) electrons. The number of rotatable bonds is 1. The molecule has 0 aliphatic rings. The normalized spacial score (nSPS) is 11.8. The number of halogens is 3. The van der Waals surface area contributed by atoms with Crippen LogP contribution in [0.2, 0.25) is 0 Å². The van der Waals surface area contributed by atoms with Gasteiger partial charge in [0.1, 0.15) is 28.2 Å². The zero-order valence-electron chi connectivity index (χ0n) is 11.4. The first-order valence-corrected chi connectivity index (χ1v) is 6.43. The van der Waals surface area contributed by atoms with Gasteiger partial charge in [-0.3, -0.25) is 4.79 Å². The van der Waals surface area contributed by atoms with Crippen molar-refractivity contribution in [2.24, 2.45) is 0 Å². The molecular formula is C16H9F3O4. The maximum atomic E-state index is 12.6. The molecule has 3 rings (SSSR count). The summed E-state index contributed by atoms with van der Waals surface area (Å²) in [4.78, 5) is 12.0. The SMILES string of the molecule is O=c1cc(-c2ccc(C(F)(F)F)cc2)oc2cc(O)cc(O)c12. The summed E-state index contributed by atoms with van der Waals surface area (Å²) in [6, 6.07) is 7.31. The van der Waals surface area contributed by atoms with Gasteiger partial charge in [-0.1, -0.05) is 12.1 Å². The molecule has 2 aromatic carbocycles. The monoisotopic (exact) mass is 322 g/mol. The van der Waals surface area contributed by atoms with Gasteiger partial charge in [0.05, 0.1) is 5.56 Å². The van der Waals surface area contributed by atoms with Gasteiger partial charge in [-0.25, -0.2) is 0 Å². The Hall–Kier alpha value is -2.96. The summed E-state index contributed by atoms with van der Waals surface area (Å²) < 4.78 is 43.1. The van der Waals surface area contributed by atoms with Crippen molar-refractivity contribution >= 4 is 11.0 Å². The van der Waals surface area contributed by atoms with Gasteiger partial charge in [0, 0.05) is 23.8 Å².